The molecule has 1 aliphatic rings. The molecule has 34 heavy (non-hydrogen) atoms. The van der Waals surface area contributed by atoms with Gasteiger partial charge in [-0.1, -0.05) is 12.1 Å². The molecule has 1 heterocycles. The van der Waals surface area contributed by atoms with Crippen molar-refractivity contribution < 1.29 is 27.5 Å². The second-order valence-corrected chi connectivity index (χ2v) is 10.3. The Morgan fingerprint density at radius 2 is 1.71 bits per heavy atom. The van der Waals surface area contributed by atoms with Gasteiger partial charge in [0.15, 0.2) is 0 Å². The zero-order chi connectivity index (χ0) is 25.0. The molecule has 2 aromatic carbocycles. The molecule has 3 rings (SSSR count). The summed E-state index contributed by atoms with van der Waals surface area (Å²) in [6.07, 6.45) is 0.531. The lowest BCUT2D eigenvalue weighted by Crippen LogP contribution is -2.33. The maximum Gasteiger partial charge on any atom is 0.261 e. The van der Waals surface area contributed by atoms with Crippen LogP contribution >= 0.6 is 0 Å². The van der Waals surface area contributed by atoms with Crippen LogP contribution in [0.1, 0.15) is 56.9 Å². The summed E-state index contributed by atoms with van der Waals surface area (Å²) in [4.78, 5) is 39.1. The Bertz CT molecular complexity index is 1190. The summed E-state index contributed by atoms with van der Waals surface area (Å²) in [5, 5.41) is 2.76. The van der Waals surface area contributed by atoms with E-state index >= 15 is 0 Å². The fraction of sp³-hybridized carbons (Fsp3) is 0.375. The van der Waals surface area contributed by atoms with Crippen LogP contribution in [0.4, 0.5) is 0 Å². The minimum Gasteiger partial charge on any atom is -0.385 e. The monoisotopic (exact) mass is 487 g/mol. The highest BCUT2D eigenvalue weighted by atomic mass is 32.2. The van der Waals surface area contributed by atoms with Gasteiger partial charge in [0.25, 0.3) is 17.7 Å². The lowest BCUT2D eigenvalue weighted by Gasteiger charge is -2.21. The number of sulfonamides is 1. The highest BCUT2D eigenvalue weighted by Gasteiger charge is 2.35. The number of benzene rings is 2. The summed E-state index contributed by atoms with van der Waals surface area (Å²) in [5.41, 5.74) is 1.47. The van der Waals surface area contributed by atoms with E-state index in [1.165, 1.54) is 41.7 Å². The van der Waals surface area contributed by atoms with Gasteiger partial charge in [0, 0.05) is 45.5 Å². The fourth-order valence-electron chi connectivity index (χ4n) is 3.51. The first-order chi connectivity index (χ1) is 16.1. The summed E-state index contributed by atoms with van der Waals surface area (Å²) >= 11 is 0. The Morgan fingerprint density at radius 3 is 2.32 bits per heavy atom. The van der Waals surface area contributed by atoms with Crippen LogP contribution in [0.5, 0.6) is 0 Å². The number of hydrogen-bond donors (Lipinski definition) is 1. The van der Waals surface area contributed by atoms with Crippen LogP contribution in [-0.4, -0.2) is 68.7 Å². The third-order valence-electron chi connectivity index (χ3n) is 5.74. The molecule has 2 aromatic rings. The van der Waals surface area contributed by atoms with Crippen molar-refractivity contribution in [3.8, 4) is 0 Å². The van der Waals surface area contributed by atoms with Crippen molar-refractivity contribution in [3.05, 3.63) is 64.7 Å². The van der Waals surface area contributed by atoms with E-state index in [1.54, 1.807) is 33.1 Å². The van der Waals surface area contributed by atoms with Gasteiger partial charge in [-0.25, -0.2) is 8.42 Å². The quantitative estimate of drug-likeness (QED) is 0.406. The van der Waals surface area contributed by atoms with E-state index in [4.69, 9.17) is 4.74 Å². The molecule has 0 aliphatic carbocycles. The lowest BCUT2D eigenvalue weighted by molar-refractivity contribution is 0.0638. The van der Waals surface area contributed by atoms with Gasteiger partial charge in [-0.2, -0.15) is 4.31 Å². The first kappa shape index (κ1) is 25.5. The normalized spacial score (nSPS) is 13.6. The number of amides is 3. The molecule has 1 N–H and O–H groups in total. The molecule has 0 spiro atoms. The Morgan fingerprint density at radius 1 is 1.06 bits per heavy atom. The van der Waals surface area contributed by atoms with E-state index < -0.39 is 21.8 Å². The smallest absolute Gasteiger partial charge is 0.261 e. The number of ether oxygens (including phenoxy) is 1. The molecule has 0 bridgehead atoms. The third kappa shape index (κ3) is 5.19. The Kier molecular flexibility index (Phi) is 7.86. The van der Waals surface area contributed by atoms with E-state index in [0.29, 0.717) is 13.0 Å². The lowest BCUT2D eigenvalue weighted by atomic mass is 10.1. The van der Waals surface area contributed by atoms with E-state index in [9.17, 15) is 22.8 Å². The Balaban J connectivity index is 1.66. The SMILES string of the molecule is COCCCN1C(=O)c2ccc(C(=O)NCc3ccc(S(=O)(=O)N(C)C(C)C)cc3)cc2C1=O. The van der Waals surface area contributed by atoms with Gasteiger partial charge < -0.3 is 10.1 Å². The highest BCUT2D eigenvalue weighted by molar-refractivity contribution is 7.89. The average molecular weight is 488 g/mol. The van der Waals surface area contributed by atoms with Crippen LogP contribution in [0.25, 0.3) is 0 Å². The number of hydrogen-bond acceptors (Lipinski definition) is 6. The van der Waals surface area contributed by atoms with Gasteiger partial charge >= 0.3 is 0 Å². The van der Waals surface area contributed by atoms with Crippen LogP contribution in [0, 0.1) is 0 Å². The molecular formula is C24H29N3O6S. The first-order valence-electron chi connectivity index (χ1n) is 10.9. The standard InChI is InChI=1S/C24H29N3O6S/c1-16(2)26(3)34(31,32)19-9-6-17(7-10-19)15-25-22(28)18-8-11-20-21(14-18)24(30)27(23(20)29)12-5-13-33-4/h6-11,14,16H,5,12-13,15H2,1-4H3,(H,25,28). The van der Waals surface area contributed by atoms with Crippen molar-refractivity contribution in [1.29, 1.82) is 0 Å². The fourth-order valence-corrected chi connectivity index (χ4v) is 4.88. The summed E-state index contributed by atoms with van der Waals surface area (Å²) < 4.78 is 31.4. The number of fused-ring (bicyclic) bond motifs is 1. The van der Waals surface area contributed by atoms with E-state index in [2.05, 4.69) is 5.32 Å². The molecule has 0 atom stereocenters. The van der Waals surface area contributed by atoms with Crippen LogP contribution in [0.2, 0.25) is 0 Å². The maximum atomic E-state index is 12.6. The summed E-state index contributed by atoms with van der Waals surface area (Å²) in [6, 6.07) is 10.6. The van der Waals surface area contributed by atoms with Gasteiger partial charge in [-0.15, -0.1) is 0 Å². The molecule has 0 aromatic heterocycles. The maximum absolute atomic E-state index is 12.6. The average Bonchev–Trinajstić information content (AvgIpc) is 3.06. The molecule has 0 fully saturated rings. The van der Waals surface area contributed by atoms with Crippen LogP contribution in [-0.2, 0) is 21.3 Å². The van der Waals surface area contributed by atoms with Crippen LogP contribution in [0.3, 0.4) is 0 Å². The number of carbonyl (C=O) groups excluding carboxylic acids is 3. The van der Waals surface area contributed by atoms with Crippen molar-refractivity contribution in [2.75, 3.05) is 27.3 Å². The van der Waals surface area contributed by atoms with Crippen molar-refractivity contribution in [1.82, 2.24) is 14.5 Å². The molecule has 0 unspecified atom stereocenters. The molecule has 0 radical (unpaired) electrons. The van der Waals surface area contributed by atoms with Crippen molar-refractivity contribution in [2.24, 2.45) is 0 Å². The second-order valence-electron chi connectivity index (χ2n) is 8.31. The van der Waals surface area contributed by atoms with Crippen molar-refractivity contribution >= 4 is 27.7 Å². The number of nitrogens with one attached hydrogen (secondary N) is 1. The predicted octanol–water partition coefficient (Wildman–Crippen LogP) is 2.28. The third-order valence-corrected chi connectivity index (χ3v) is 7.79. The summed E-state index contributed by atoms with van der Waals surface area (Å²) in [6.45, 7) is 4.45. The molecule has 1 aliphatic heterocycles. The van der Waals surface area contributed by atoms with E-state index in [1.807, 2.05) is 0 Å². The Labute approximate surface area is 199 Å². The number of imide groups is 1. The van der Waals surface area contributed by atoms with Crippen LogP contribution < -0.4 is 5.32 Å². The summed E-state index contributed by atoms with van der Waals surface area (Å²) in [5.74, 6) is -1.20. The molecule has 3 amide bonds. The summed E-state index contributed by atoms with van der Waals surface area (Å²) in [7, 11) is -0.501. The predicted molar refractivity (Wildman–Crippen MR) is 126 cm³/mol. The molecule has 182 valence electrons. The number of carbonyl (C=O) groups is 3. The van der Waals surface area contributed by atoms with Gasteiger partial charge in [0.05, 0.1) is 16.0 Å². The van der Waals surface area contributed by atoms with Crippen molar-refractivity contribution in [2.45, 2.75) is 37.8 Å². The molecule has 10 heteroatoms. The minimum atomic E-state index is -3.58. The number of rotatable bonds is 10. The molecule has 0 saturated heterocycles. The molecule has 0 saturated carbocycles. The van der Waals surface area contributed by atoms with Gasteiger partial charge in [0.1, 0.15) is 0 Å². The van der Waals surface area contributed by atoms with Gasteiger partial charge in [0.2, 0.25) is 10.0 Å². The minimum absolute atomic E-state index is 0.170. The van der Waals surface area contributed by atoms with E-state index in [0.717, 1.165) is 10.5 Å². The highest BCUT2D eigenvalue weighted by Crippen LogP contribution is 2.24. The molecular weight excluding hydrogens is 458 g/mol. The van der Waals surface area contributed by atoms with E-state index in [-0.39, 0.29) is 46.6 Å². The zero-order valence-corrected chi connectivity index (χ0v) is 20.5. The molecule has 9 nitrogen and oxygen atoms in total. The topological polar surface area (TPSA) is 113 Å². The van der Waals surface area contributed by atoms with Gasteiger partial charge in [-0.05, 0) is 56.2 Å². The Hall–Kier alpha value is -3.08. The first-order valence-corrected chi connectivity index (χ1v) is 12.4. The second kappa shape index (κ2) is 10.5. The van der Waals surface area contributed by atoms with Gasteiger partial charge in [-0.3, -0.25) is 19.3 Å². The van der Waals surface area contributed by atoms with Crippen molar-refractivity contribution in [3.63, 3.8) is 0 Å². The van der Waals surface area contributed by atoms with Crippen LogP contribution in [0.15, 0.2) is 47.4 Å². The number of nitrogens with zero attached hydrogens (tertiary/aromatic N) is 2. The number of methoxy groups -OCH3 is 1. The zero-order valence-electron chi connectivity index (χ0n) is 19.7. The largest absolute Gasteiger partial charge is 0.385 e.